The fourth-order valence-electron chi connectivity index (χ4n) is 0. The van der Waals surface area contributed by atoms with Gasteiger partial charge in [-0.3, -0.25) is 0 Å². The highest BCUT2D eigenvalue weighted by Crippen LogP contribution is 1.75. The Morgan fingerprint density at radius 2 is 1.17 bits per heavy atom. The summed E-state index contributed by atoms with van der Waals surface area (Å²) < 4.78 is 0. The van der Waals surface area contributed by atoms with E-state index in [1.54, 1.807) is 0 Å². The van der Waals surface area contributed by atoms with Gasteiger partial charge >= 0.3 is 0 Å². The summed E-state index contributed by atoms with van der Waals surface area (Å²) in [4.78, 5) is 0. The molecule has 0 atom stereocenters. The third-order valence-electron chi connectivity index (χ3n) is 0.0714. The van der Waals surface area contributed by atoms with Crippen molar-refractivity contribution in [2.45, 2.75) is 0 Å². The summed E-state index contributed by atoms with van der Waals surface area (Å²) in [6.45, 7) is 0. The molecule has 0 radical (unpaired) electrons. The molecule has 0 unspecified atom stereocenters. The lowest BCUT2D eigenvalue weighted by molar-refractivity contribution is 1.52. The fraction of sp³-hybridized carbons (Fsp3) is 1.00. The van der Waals surface area contributed by atoms with E-state index in [-0.39, 0.29) is 0 Å². The van der Waals surface area contributed by atoms with E-state index in [0.717, 1.165) is 0 Å². The Bertz CT molecular complexity index is 8.00. The molecule has 0 saturated heterocycles. The Morgan fingerprint density at radius 1 is 1.00 bits per heavy atom. The second kappa shape index (κ2) is 16.9. The molecule has 6 heavy (non-hydrogen) atoms. The largest absolute Gasteiger partial charge is 0.130 e. The standard InChI is InChI=1S/C2H4Cl2.CH3Cl/c3-1-2-4;1-2/h1-2H2;1H3. The van der Waals surface area contributed by atoms with Gasteiger partial charge < -0.3 is 0 Å². The molecule has 0 bridgehead atoms. The summed E-state index contributed by atoms with van der Waals surface area (Å²) in [5.41, 5.74) is 0. The van der Waals surface area contributed by atoms with Gasteiger partial charge in [-0.2, -0.15) is 0 Å². The average Bonchev–Trinajstić information content (AvgIpc) is 1.72. The summed E-state index contributed by atoms with van der Waals surface area (Å²) in [6.07, 6.45) is 1.47. The molecule has 0 saturated carbocycles. The average molecular weight is 149 g/mol. The molecule has 0 rings (SSSR count). The van der Waals surface area contributed by atoms with Crippen LogP contribution < -0.4 is 0 Å². The van der Waals surface area contributed by atoms with Crippen molar-refractivity contribution in [3.63, 3.8) is 0 Å². The van der Waals surface area contributed by atoms with E-state index in [9.17, 15) is 0 Å². The maximum absolute atomic E-state index is 5.05. The summed E-state index contributed by atoms with van der Waals surface area (Å²) in [7, 11) is 0. The molecule has 0 aromatic carbocycles. The van der Waals surface area contributed by atoms with E-state index < -0.39 is 0 Å². The highest BCUT2D eigenvalue weighted by atomic mass is 35.5. The molecule has 0 amide bonds. The van der Waals surface area contributed by atoms with Crippen molar-refractivity contribution in [2.24, 2.45) is 0 Å². The Kier molecular flexibility index (Phi) is 28.1. The zero-order valence-corrected chi connectivity index (χ0v) is 5.82. The van der Waals surface area contributed by atoms with Gasteiger partial charge in [-0.05, 0) is 0 Å². The molecule has 0 aromatic heterocycles. The summed E-state index contributed by atoms with van der Waals surface area (Å²) in [6, 6.07) is 0. The van der Waals surface area contributed by atoms with Crippen molar-refractivity contribution in [1.82, 2.24) is 0 Å². The smallest absolute Gasteiger partial charge is 0.0359 e. The third kappa shape index (κ3) is 20.9. The van der Waals surface area contributed by atoms with Crippen molar-refractivity contribution in [3.8, 4) is 0 Å². The van der Waals surface area contributed by atoms with Crippen molar-refractivity contribution >= 4 is 34.8 Å². The number of hydrogen-bond donors (Lipinski definition) is 0. The minimum Gasteiger partial charge on any atom is -0.130 e. The Morgan fingerprint density at radius 3 is 1.17 bits per heavy atom. The second-order valence-electron chi connectivity index (χ2n) is 0.378. The van der Waals surface area contributed by atoms with Gasteiger partial charge in [-0.15, -0.1) is 34.8 Å². The fourth-order valence-corrected chi connectivity index (χ4v) is 0. The van der Waals surface area contributed by atoms with Crippen molar-refractivity contribution < 1.29 is 0 Å². The van der Waals surface area contributed by atoms with Crippen LogP contribution in [0, 0.1) is 0 Å². The number of alkyl halides is 3. The van der Waals surface area contributed by atoms with Crippen LogP contribution in [0.4, 0.5) is 0 Å². The van der Waals surface area contributed by atoms with E-state index in [4.69, 9.17) is 23.2 Å². The molecule has 0 N–H and O–H groups in total. The first-order valence-corrected chi connectivity index (χ1v) is 3.24. The lowest BCUT2D eigenvalue weighted by atomic mass is 11.0. The minimum atomic E-state index is 0.557. The van der Waals surface area contributed by atoms with Crippen LogP contribution in [0.25, 0.3) is 0 Å². The highest BCUT2D eigenvalue weighted by molar-refractivity contribution is 6.25. The second-order valence-corrected chi connectivity index (χ2v) is 1.13. The number of halogens is 3. The normalized spacial score (nSPS) is 6.00. The third-order valence-corrected chi connectivity index (χ3v) is 0.643. The Hall–Kier alpha value is 0.870. The number of rotatable bonds is 1. The first-order chi connectivity index (χ1) is 2.91. The van der Waals surface area contributed by atoms with E-state index >= 15 is 0 Å². The quantitative estimate of drug-likeness (QED) is 0.502. The molecule has 0 aliphatic heterocycles. The molecule has 0 nitrogen and oxygen atoms in total. The van der Waals surface area contributed by atoms with E-state index in [0.29, 0.717) is 11.8 Å². The molecule has 3 heteroatoms. The molecule has 40 valence electrons. The van der Waals surface area contributed by atoms with Crippen molar-refractivity contribution in [2.75, 3.05) is 18.1 Å². The zero-order chi connectivity index (χ0) is 5.41. The molecule has 0 fully saturated rings. The van der Waals surface area contributed by atoms with Crippen molar-refractivity contribution in [1.29, 1.82) is 0 Å². The van der Waals surface area contributed by atoms with E-state index in [2.05, 4.69) is 11.6 Å². The summed E-state index contributed by atoms with van der Waals surface area (Å²) in [5.74, 6) is 1.11. The van der Waals surface area contributed by atoms with Crippen LogP contribution in [0.5, 0.6) is 0 Å². The van der Waals surface area contributed by atoms with Gasteiger partial charge in [0.05, 0.1) is 0 Å². The predicted molar refractivity (Wildman–Crippen MR) is 33.2 cm³/mol. The van der Waals surface area contributed by atoms with Crippen LogP contribution in [0.1, 0.15) is 0 Å². The summed E-state index contributed by atoms with van der Waals surface area (Å²) >= 11 is 14.7. The van der Waals surface area contributed by atoms with Gasteiger partial charge in [0.1, 0.15) is 0 Å². The highest BCUT2D eigenvalue weighted by Gasteiger charge is 1.61. The van der Waals surface area contributed by atoms with Gasteiger partial charge in [0.2, 0.25) is 0 Å². The van der Waals surface area contributed by atoms with Crippen LogP contribution in [0.3, 0.4) is 0 Å². The maximum atomic E-state index is 5.05. The van der Waals surface area contributed by atoms with Gasteiger partial charge in [-0.1, -0.05) is 0 Å². The van der Waals surface area contributed by atoms with E-state index in [1.165, 1.54) is 6.38 Å². The topological polar surface area (TPSA) is 0 Å². The van der Waals surface area contributed by atoms with Gasteiger partial charge in [0, 0.05) is 18.1 Å². The number of hydrogen-bond acceptors (Lipinski definition) is 0. The van der Waals surface area contributed by atoms with Gasteiger partial charge in [-0.25, -0.2) is 0 Å². The van der Waals surface area contributed by atoms with Crippen LogP contribution in [0.2, 0.25) is 0 Å². The molecule has 0 aliphatic rings. The Balaban J connectivity index is 0. The van der Waals surface area contributed by atoms with Crippen LogP contribution in [-0.2, 0) is 0 Å². The predicted octanol–water partition coefficient (Wildman–Crippen LogP) is 2.32. The van der Waals surface area contributed by atoms with Gasteiger partial charge in [0.15, 0.2) is 0 Å². The molecule has 0 aliphatic carbocycles. The maximum Gasteiger partial charge on any atom is 0.0359 e. The first-order valence-electron chi connectivity index (χ1n) is 1.41. The SMILES string of the molecule is CCl.ClCCCl. The molecule has 0 aromatic rings. The molecular formula is C3H7Cl3. The summed E-state index contributed by atoms with van der Waals surface area (Å²) in [5, 5.41) is 0. The lowest BCUT2D eigenvalue weighted by Crippen LogP contribution is -1.63. The Labute approximate surface area is 53.4 Å². The van der Waals surface area contributed by atoms with E-state index in [1.807, 2.05) is 0 Å². The van der Waals surface area contributed by atoms with Crippen LogP contribution in [-0.4, -0.2) is 18.1 Å². The van der Waals surface area contributed by atoms with Crippen LogP contribution in [0.15, 0.2) is 0 Å². The van der Waals surface area contributed by atoms with Crippen LogP contribution >= 0.6 is 34.8 Å². The monoisotopic (exact) mass is 148 g/mol. The lowest BCUT2D eigenvalue weighted by Gasteiger charge is -1.63. The molecular weight excluding hydrogens is 142 g/mol. The zero-order valence-electron chi connectivity index (χ0n) is 3.55. The molecule has 0 heterocycles. The minimum absolute atomic E-state index is 0.557. The van der Waals surface area contributed by atoms with Crippen molar-refractivity contribution in [3.05, 3.63) is 0 Å². The first kappa shape index (κ1) is 9.98. The molecule has 0 spiro atoms. The van der Waals surface area contributed by atoms with Gasteiger partial charge in [0.25, 0.3) is 0 Å².